The van der Waals surface area contributed by atoms with Crippen LogP contribution < -0.4 is 14.2 Å². The summed E-state index contributed by atoms with van der Waals surface area (Å²) < 4.78 is 17.1. The molecule has 0 unspecified atom stereocenters. The Hall–Kier alpha value is -2.60. The van der Waals surface area contributed by atoms with Crippen LogP contribution in [0.25, 0.3) is 6.08 Å². The molecule has 2 aromatic carbocycles. The number of rotatable bonds is 4. The molecule has 0 aromatic heterocycles. The maximum absolute atomic E-state index is 12.6. The first-order valence-electron chi connectivity index (χ1n) is 8.02. The van der Waals surface area contributed by atoms with Crippen LogP contribution in [-0.2, 0) is 4.79 Å². The number of hydrogen-bond donors (Lipinski definition) is 0. The number of ketones is 1. The number of carbonyl (C=O) groups excluding carboxylic acids is 2. The van der Waals surface area contributed by atoms with E-state index < -0.39 is 0 Å². The molecule has 0 saturated carbocycles. The summed E-state index contributed by atoms with van der Waals surface area (Å²) in [6, 6.07) is 10.2. The third kappa shape index (κ3) is 3.65. The number of carbonyl (C=O) groups is 2. The van der Waals surface area contributed by atoms with Crippen LogP contribution in [0.3, 0.4) is 0 Å². The SMILES string of the molecule is COc1ccc(Br)cc1/C=C1\Oc2cc(OC(=O)C(C)C)ccc2C1=O. The highest BCUT2D eigenvalue weighted by Gasteiger charge is 2.28. The molecule has 0 N–H and O–H groups in total. The molecule has 0 spiro atoms. The van der Waals surface area contributed by atoms with Gasteiger partial charge in [0.05, 0.1) is 18.6 Å². The Bertz CT molecular complexity index is 914. The number of halogens is 1. The van der Waals surface area contributed by atoms with Gasteiger partial charge in [0, 0.05) is 16.1 Å². The molecule has 1 aliphatic heterocycles. The molecule has 5 nitrogen and oxygen atoms in total. The van der Waals surface area contributed by atoms with Gasteiger partial charge in [0.1, 0.15) is 17.2 Å². The highest BCUT2D eigenvalue weighted by atomic mass is 79.9. The van der Waals surface area contributed by atoms with Crippen molar-refractivity contribution >= 4 is 33.8 Å². The van der Waals surface area contributed by atoms with Crippen LogP contribution in [0.2, 0.25) is 0 Å². The number of fused-ring (bicyclic) bond motifs is 1. The van der Waals surface area contributed by atoms with Crippen molar-refractivity contribution in [2.45, 2.75) is 13.8 Å². The fourth-order valence-corrected chi connectivity index (χ4v) is 2.80. The van der Waals surface area contributed by atoms with Gasteiger partial charge in [-0.3, -0.25) is 9.59 Å². The largest absolute Gasteiger partial charge is 0.496 e. The van der Waals surface area contributed by atoms with Crippen LogP contribution in [0.15, 0.2) is 46.6 Å². The van der Waals surface area contributed by atoms with Gasteiger partial charge in [-0.15, -0.1) is 0 Å². The minimum Gasteiger partial charge on any atom is -0.496 e. The van der Waals surface area contributed by atoms with E-state index >= 15 is 0 Å². The van der Waals surface area contributed by atoms with Gasteiger partial charge in [0.2, 0.25) is 5.78 Å². The fourth-order valence-electron chi connectivity index (χ4n) is 2.42. The van der Waals surface area contributed by atoms with Gasteiger partial charge in [0.15, 0.2) is 5.76 Å². The summed E-state index contributed by atoms with van der Waals surface area (Å²) in [5, 5.41) is 0. The second-order valence-corrected chi connectivity index (χ2v) is 6.98. The Labute approximate surface area is 159 Å². The van der Waals surface area contributed by atoms with Crippen LogP contribution in [-0.4, -0.2) is 18.9 Å². The van der Waals surface area contributed by atoms with Crippen molar-refractivity contribution in [2.75, 3.05) is 7.11 Å². The molecule has 0 bridgehead atoms. The fraction of sp³-hybridized carbons (Fsp3) is 0.200. The second kappa shape index (κ2) is 7.33. The minimum atomic E-state index is -0.344. The Morgan fingerprint density at radius 1 is 1.19 bits per heavy atom. The highest BCUT2D eigenvalue weighted by Crippen LogP contribution is 2.36. The lowest BCUT2D eigenvalue weighted by atomic mass is 10.1. The van der Waals surface area contributed by atoms with E-state index in [1.165, 1.54) is 0 Å². The molecule has 0 aliphatic carbocycles. The van der Waals surface area contributed by atoms with Gasteiger partial charge in [-0.25, -0.2) is 0 Å². The summed E-state index contributed by atoms with van der Waals surface area (Å²) in [7, 11) is 1.56. The predicted octanol–water partition coefficient (Wildman–Crippen LogP) is 4.64. The number of allylic oxidation sites excluding steroid dienone is 1. The van der Waals surface area contributed by atoms with Crippen molar-refractivity contribution < 1.29 is 23.8 Å². The lowest BCUT2D eigenvalue weighted by Gasteiger charge is -2.07. The van der Waals surface area contributed by atoms with Crippen molar-refractivity contribution in [3.8, 4) is 17.2 Å². The minimum absolute atomic E-state index is 0.184. The topological polar surface area (TPSA) is 61.8 Å². The van der Waals surface area contributed by atoms with Crippen LogP contribution in [0, 0.1) is 5.92 Å². The van der Waals surface area contributed by atoms with Gasteiger partial charge in [0.25, 0.3) is 0 Å². The molecule has 0 fully saturated rings. The molecule has 134 valence electrons. The summed E-state index contributed by atoms with van der Waals surface area (Å²) in [5.41, 5.74) is 1.14. The van der Waals surface area contributed by atoms with Crippen molar-refractivity contribution in [3.05, 3.63) is 57.8 Å². The number of esters is 1. The standard InChI is InChI=1S/C20H17BrO5/c1-11(2)20(23)25-14-5-6-15-17(10-14)26-18(19(15)22)9-12-8-13(21)4-7-16(12)24-3/h4-11H,1-3H3/b18-9-. The highest BCUT2D eigenvalue weighted by molar-refractivity contribution is 9.10. The zero-order chi connectivity index (χ0) is 18.8. The molecule has 6 heteroatoms. The number of methoxy groups -OCH3 is 1. The molecule has 0 atom stereocenters. The van der Waals surface area contributed by atoms with Crippen LogP contribution >= 0.6 is 15.9 Å². The zero-order valence-corrected chi connectivity index (χ0v) is 16.1. The smallest absolute Gasteiger partial charge is 0.313 e. The third-order valence-electron chi connectivity index (χ3n) is 3.81. The molecule has 3 rings (SSSR count). The van der Waals surface area contributed by atoms with Crippen LogP contribution in [0.4, 0.5) is 0 Å². The van der Waals surface area contributed by atoms with Crippen molar-refractivity contribution in [1.82, 2.24) is 0 Å². The van der Waals surface area contributed by atoms with E-state index in [1.54, 1.807) is 51.3 Å². The average Bonchev–Trinajstić information content (AvgIpc) is 2.90. The molecule has 1 aliphatic rings. The second-order valence-electron chi connectivity index (χ2n) is 6.06. The first kappa shape index (κ1) is 18.2. The van der Waals surface area contributed by atoms with E-state index in [2.05, 4.69) is 15.9 Å². The Balaban J connectivity index is 1.90. The molecule has 1 heterocycles. The van der Waals surface area contributed by atoms with Crippen molar-refractivity contribution in [2.24, 2.45) is 5.92 Å². The molecular formula is C20H17BrO5. The number of hydrogen-bond acceptors (Lipinski definition) is 5. The molecule has 0 amide bonds. The monoisotopic (exact) mass is 416 g/mol. The van der Waals surface area contributed by atoms with E-state index in [4.69, 9.17) is 14.2 Å². The molecule has 2 aromatic rings. The van der Waals surface area contributed by atoms with Crippen molar-refractivity contribution in [1.29, 1.82) is 0 Å². The van der Waals surface area contributed by atoms with E-state index in [1.807, 2.05) is 12.1 Å². The lowest BCUT2D eigenvalue weighted by Crippen LogP contribution is -2.14. The summed E-state index contributed by atoms with van der Waals surface area (Å²) in [6.07, 6.45) is 1.63. The first-order chi connectivity index (χ1) is 12.4. The van der Waals surface area contributed by atoms with Gasteiger partial charge in [-0.2, -0.15) is 0 Å². The number of Topliss-reactive ketones (excluding diaryl/α,β-unsaturated/α-hetero) is 1. The zero-order valence-electron chi connectivity index (χ0n) is 14.5. The number of benzene rings is 2. The van der Waals surface area contributed by atoms with Crippen LogP contribution in [0.5, 0.6) is 17.2 Å². The van der Waals surface area contributed by atoms with Gasteiger partial charge in [-0.1, -0.05) is 29.8 Å². The molecule has 26 heavy (non-hydrogen) atoms. The molecular weight excluding hydrogens is 400 g/mol. The van der Waals surface area contributed by atoms with E-state index in [-0.39, 0.29) is 23.4 Å². The van der Waals surface area contributed by atoms with Gasteiger partial charge < -0.3 is 14.2 Å². The van der Waals surface area contributed by atoms with Crippen LogP contribution in [0.1, 0.15) is 29.8 Å². The molecule has 0 saturated heterocycles. The quantitative estimate of drug-likeness (QED) is 0.412. The normalized spacial score (nSPS) is 14.3. The molecule has 0 radical (unpaired) electrons. The summed E-state index contributed by atoms with van der Waals surface area (Å²) in [4.78, 5) is 24.3. The van der Waals surface area contributed by atoms with Crippen molar-refractivity contribution in [3.63, 3.8) is 0 Å². The van der Waals surface area contributed by atoms with Gasteiger partial charge >= 0.3 is 5.97 Å². The third-order valence-corrected chi connectivity index (χ3v) is 4.30. The maximum atomic E-state index is 12.6. The Morgan fingerprint density at radius 2 is 1.96 bits per heavy atom. The summed E-state index contributed by atoms with van der Waals surface area (Å²) in [5.74, 6) is 0.696. The predicted molar refractivity (Wildman–Crippen MR) is 101 cm³/mol. The van der Waals surface area contributed by atoms with E-state index in [9.17, 15) is 9.59 Å². The summed E-state index contributed by atoms with van der Waals surface area (Å²) >= 11 is 3.40. The average molecular weight is 417 g/mol. The Morgan fingerprint density at radius 3 is 2.65 bits per heavy atom. The Kier molecular flexibility index (Phi) is 5.13. The first-order valence-corrected chi connectivity index (χ1v) is 8.82. The van der Waals surface area contributed by atoms with E-state index in [0.29, 0.717) is 28.4 Å². The van der Waals surface area contributed by atoms with E-state index in [0.717, 1.165) is 4.47 Å². The maximum Gasteiger partial charge on any atom is 0.313 e. The van der Waals surface area contributed by atoms with Gasteiger partial charge in [-0.05, 0) is 36.4 Å². The summed E-state index contributed by atoms with van der Waals surface area (Å²) in [6.45, 7) is 3.50. The lowest BCUT2D eigenvalue weighted by molar-refractivity contribution is -0.137. The number of ether oxygens (including phenoxy) is 3.